The fourth-order valence-corrected chi connectivity index (χ4v) is 2.12. The number of aromatic nitrogens is 2. The van der Waals surface area contributed by atoms with E-state index in [0.717, 1.165) is 17.0 Å². The van der Waals surface area contributed by atoms with Crippen LogP contribution in [0.2, 0.25) is 5.15 Å². The third kappa shape index (κ3) is 3.74. The SMILES string of the molecule is Clc1cc(Nc2ccccc2OCc2ccccc2)ncn1. The highest BCUT2D eigenvalue weighted by molar-refractivity contribution is 6.29. The van der Waals surface area contributed by atoms with Crippen LogP contribution in [-0.4, -0.2) is 9.97 Å². The van der Waals surface area contributed by atoms with Gasteiger partial charge in [0, 0.05) is 6.07 Å². The lowest BCUT2D eigenvalue weighted by Gasteiger charge is -2.12. The van der Waals surface area contributed by atoms with Crippen molar-refractivity contribution < 1.29 is 4.74 Å². The quantitative estimate of drug-likeness (QED) is 0.707. The topological polar surface area (TPSA) is 47.0 Å². The molecule has 110 valence electrons. The molecule has 0 aliphatic carbocycles. The van der Waals surface area contributed by atoms with Crippen LogP contribution in [0.1, 0.15) is 5.56 Å². The Morgan fingerprint density at radius 3 is 2.55 bits per heavy atom. The van der Waals surface area contributed by atoms with Crippen molar-refractivity contribution in [2.24, 2.45) is 0 Å². The highest BCUT2D eigenvalue weighted by Crippen LogP contribution is 2.27. The predicted molar refractivity (Wildman–Crippen MR) is 87.5 cm³/mol. The van der Waals surface area contributed by atoms with E-state index < -0.39 is 0 Å². The molecule has 22 heavy (non-hydrogen) atoms. The predicted octanol–water partition coefficient (Wildman–Crippen LogP) is 4.45. The van der Waals surface area contributed by atoms with Crippen LogP contribution in [-0.2, 0) is 6.61 Å². The summed E-state index contributed by atoms with van der Waals surface area (Å²) in [5, 5.41) is 3.58. The number of benzene rings is 2. The van der Waals surface area contributed by atoms with Gasteiger partial charge in [-0.25, -0.2) is 9.97 Å². The molecule has 5 heteroatoms. The van der Waals surface area contributed by atoms with Gasteiger partial charge in [0.25, 0.3) is 0 Å². The maximum absolute atomic E-state index is 5.89. The van der Waals surface area contributed by atoms with Gasteiger partial charge in [-0.2, -0.15) is 0 Å². The lowest BCUT2D eigenvalue weighted by Crippen LogP contribution is -2.00. The van der Waals surface area contributed by atoms with Gasteiger partial charge in [0.1, 0.15) is 29.7 Å². The molecule has 0 bridgehead atoms. The van der Waals surface area contributed by atoms with E-state index in [4.69, 9.17) is 16.3 Å². The molecule has 2 aromatic carbocycles. The Morgan fingerprint density at radius 1 is 0.955 bits per heavy atom. The van der Waals surface area contributed by atoms with Crippen LogP contribution >= 0.6 is 11.6 Å². The standard InChI is InChI=1S/C17H14ClN3O/c18-16-10-17(20-12-19-16)21-14-8-4-5-9-15(14)22-11-13-6-2-1-3-7-13/h1-10,12H,11H2,(H,19,20,21). The fourth-order valence-electron chi connectivity index (χ4n) is 1.97. The number of halogens is 1. The van der Waals surface area contributed by atoms with Crippen LogP contribution in [0.3, 0.4) is 0 Å². The first-order chi connectivity index (χ1) is 10.8. The number of anilines is 2. The summed E-state index contributed by atoms with van der Waals surface area (Å²) in [5.74, 6) is 1.37. The number of hydrogen-bond donors (Lipinski definition) is 1. The van der Waals surface area contributed by atoms with Crippen molar-refractivity contribution in [1.82, 2.24) is 9.97 Å². The van der Waals surface area contributed by atoms with Crippen molar-refractivity contribution in [2.75, 3.05) is 5.32 Å². The van der Waals surface area contributed by atoms with Crippen molar-refractivity contribution >= 4 is 23.1 Å². The van der Waals surface area contributed by atoms with E-state index in [0.29, 0.717) is 17.6 Å². The summed E-state index contributed by atoms with van der Waals surface area (Å²) in [6.45, 7) is 0.504. The average molecular weight is 312 g/mol. The second-order valence-electron chi connectivity index (χ2n) is 4.62. The second-order valence-corrected chi connectivity index (χ2v) is 5.01. The molecule has 3 aromatic rings. The molecule has 0 saturated heterocycles. The third-order valence-electron chi connectivity index (χ3n) is 3.02. The summed E-state index contributed by atoms with van der Waals surface area (Å²) in [6.07, 6.45) is 1.41. The number of ether oxygens (including phenoxy) is 1. The summed E-state index contributed by atoms with van der Waals surface area (Å²) in [7, 11) is 0. The number of nitrogens with one attached hydrogen (secondary N) is 1. The van der Waals surface area contributed by atoms with Gasteiger partial charge in [-0.15, -0.1) is 0 Å². The summed E-state index contributed by atoms with van der Waals surface area (Å²) in [4.78, 5) is 7.99. The molecule has 1 heterocycles. The van der Waals surface area contributed by atoms with Crippen LogP contribution in [0.25, 0.3) is 0 Å². The van der Waals surface area contributed by atoms with Crippen molar-refractivity contribution in [3.63, 3.8) is 0 Å². The largest absolute Gasteiger partial charge is 0.487 e. The van der Waals surface area contributed by atoms with Crippen LogP contribution in [0.4, 0.5) is 11.5 Å². The van der Waals surface area contributed by atoms with Gasteiger partial charge in [-0.05, 0) is 17.7 Å². The molecule has 0 spiro atoms. The van der Waals surface area contributed by atoms with Gasteiger partial charge in [-0.3, -0.25) is 0 Å². The van der Waals surface area contributed by atoms with E-state index in [2.05, 4.69) is 15.3 Å². The summed E-state index contributed by atoms with van der Waals surface area (Å²) >= 11 is 5.87. The summed E-state index contributed by atoms with van der Waals surface area (Å²) < 4.78 is 5.89. The minimum absolute atomic E-state index is 0.389. The van der Waals surface area contributed by atoms with Crippen LogP contribution < -0.4 is 10.1 Å². The van der Waals surface area contributed by atoms with Crippen molar-refractivity contribution in [1.29, 1.82) is 0 Å². The van der Waals surface area contributed by atoms with E-state index in [1.54, 1.807) is 6.07 Å². The molecular weight excluding hydrogens is 298 g/mol. The Bertz CT molecular complexity index is 750. The molecule has 4 nitrogen and oxygen atoms in total. The zero-order chi connectivity index (χ0) is 15.2. The van der Waals surface area contributed by atoms with Crippen LogP contribution in [0.15, 0.2) is 67.0 Å². The summed E-state index contributed by atoms with van der Waals surface area (Å²) in [5.41, 5.74) is 1.94. The molecule has 0 radical (unpaired) electrons. The number of hydrogen-bond acceptors (Lipinski definition) is 4. The molecule has 0 unspecified atom stereocenters. The van der Waals surface area contributed by atoms with Gasteiger partial charge >= 0.3 is 0 Å². The van der Waals surface area contributed by atoms with Crippen molar-refractivity contribution in [2.45, 2.75) is 6.61 Å². The van der Waals surface area contributed by atoms with Gasteiger partial charge in [0.15, 0.2) is 0 Å². The number of nitrogens with zero attached hydrogens (tertiary/aromatic N) is 2. The Morgan fingerprint density at radius 2 is 1.73 bits per heavy atom. The third-order valence-corrected chi connectivity index (χ3v) is 3.23. The lowest BCUT2D eigenvalue weighted by atomic mass is 10.2. The zero-order valence-electron chi connectivity index (χ0n) is 11.7. The molecule has 0 aliphatic heterocycles. The minimum Gasteiger partial charge on any atom is -0.487 e. The molecule has 0 aliphatic rings. The van der Waals surface area contributed by atoms with Gasteiger partial charge in [-0.1, -0.05) is 54.1 Å². The minimum atomic E-state index is 0.389. The number of para-hydroxylation sites is 2. The highest BCUT2D eigenvalue weighted by Gasteiger charge is 2.05. The Hall–Kier alpha value is -2.59. The average Bonchev–Trinajstić information content (AvgIpc) is 2.55. The van der Waals surface area contributed by atoms with Crippen LogP contribution in [0.5, 0.6) is 5.75 Å². The Kier molecular flexibility index (Phi) is 4.51. The lowest BCUT2D eigenvalue weighted by molar-refractivity contribution is 0.308. The molecule has 1 aromatic heterocycles. The molecule has 1 N–H and O–H groups in total. The van der Waals surface area contributed by atoms with E-state index in [9.17, 15) is 0 Å². The first-order valence-electron chi connectivity index (χ1n) is 6.81. The molecule has 3 rings (SSSR count). The van der Waals surface area contributed by atoms with Gasteiger partial charge < -0.3 is 10.1 Å². The Labute approximate surface area is 133 Å². The first kappa shape index (κ1) is 14.4. The van der Waals surface area contributed by atoms with E-state index in [1.807, 2.05) is 54.6 Å². The molecule has 0 atom stereocenters. The number of rotatable bonds is 5. The second kappa shape index (κ2) is 6.91. The Balaban J connectivity index is 1.75. The molecule has 0 amide bonds. The molecular formula is C17H14ClN3O. The first-order valence-corrected chi connectivity index (χ1v) is 7.19. The fraction of sp³-hybridized carbons (Fsp3) is 0.0588. The van der Waals surface area contributed by atoms with Gasteiger partial charge in [0.2, 0.25) is 0 Å². The van der Waals surface area contributed by atoms with Crippen molar-refractivity contribution in [3.05, 3.63) is 77.7 Å². The monoisotopic (exact) mass is 311 g/mol. The van der Waals surface area contributed by atoms with E-state index in [1.165, 1.54) is 6.33 Å². The van der Waals surface area contributed by atoms with Gasteiger partial charge in [0.05, 0.1) is 5.69 Å². The normalized spacial score (nSPS) is 10.2. The van der Waals surface area contributed by atoms with E-state index >= 15 is 0 Å². The van der Waals surface area contributed by atoms with Crippen molar-refractivity contribution in [3.8, 4) is 5.75 Å². The molecule has 0 saturated carbocycles. The highest BCUT2D eigenvalue weighted by atomic mass is 35.5. The zero-order valence-corrected chi connectivity index (χ0v) is 12.5. The molecule has 0 fully saturated rings. The summed E-state index contributed by atoms with van der Waals surface area (Å²) in [6, 6.07) is 19.4. The van der Waals surface area contributed by atoms with E-state index in [-0.39, 0.29) is 0 Å². The maximum atomic E-state index is 5.89. The maximum Gasteiger partial charge on any atom is 0.143 e. The smallest absolute Gasteiger partial charge is 0.143 e. The van der Waals surface area contributed by atoms with Crippen LogP contribution in [0, 0.1) is 0 Å².